The van der Waals surface area contributed by atoms with Crippen molar-refractivity contribution < 1.29 is 27.9 Å². The summed E-state index contributed by atoms with van der Waals surface area (Å²) in [7, 11) is 0. The summed E-state index contributed by atoms with van der Waals surface area (Å²) in [6.45, 7) is 3.35. The van der Waals surface area contributed by atoms with E-state index in [1.54, 1.807) is 44.4 Å². The molecular weight excluding hydrogens is 417 g/mol. The zero-order chi connectivity index (χ0) is 23.0. The molecule has 1 amide bonds. The maximum Gasteiger partial charge on any atom is 0.340 e. The summed E-state index contributed by atoms with van der Waals surface area (Å²) < 4.78 is 24.4. The van der Waals surface area contributed by atoms with Crippen LogP contribution in [0, 0.1) is 12.7 Å². The molecule has 0 aliphatic rings. The van der Waals surface area contributed by atoms with Crippen LogP contribution in [0.3, 0.4) is 0 Å². The predicted molar refractivity (Wildman–Crippen MR) is 116 cm³/mol. The summed E-state index contributed by atoms with van der Waals surface area (Å²) in [5.74, 6) is -2.06. The number of amides is 1. The van der Waals surface area contributed by atoms with Crippen LogP contribution in [0.25, 0.3) is 33.1 Å². The summed E-state index contributed by atoms with van der Waals surface area (Å²) in [6.07, 6.45) is 1.47. The molecule has 4 aromatic rings. The molecule has 0 aliphatic carbocycles. The number of hydrogen-bond donors (Lipinski definition) is 2. The lowest BCUT2D eigenvalue weighted by atomic mass is 9.99. The van der Waals surface area contributed by atoms with Gasteiger partial charge in [0, 0.05) is 22.4 Å². The molecule has 0 saturated carbocycles. The van der Waals surface area contributed by atoms with Crippen molar-refractivity contribution in [3.8, 4) is 11.1 Å². The minimum Gasteiger partial charge on any atom is -0.480 e. The topological polar surface area (TPSA) is 110 Å². The maximum atomic E-state index is 13.3. The summed E-state index contributed by atoms with van der Waals surface area (Å²) >= 11 is 0. The number of hydrogen-bond acceptors (Lipinski definition) is 5. The first-order valence-corrected chi connectivity index (χ1v) is 10.0. The smallest absolute Gasteiger partial charge is 0.340 e. The first-order valence-electron chi connectivity index (χ1n) is 10.0. The van der Waals surface area contributed by atoms with Gasteiger partial charge in [-0.3, -0.25) is 4.79 Å². The molecule has 0 radical (unpaired) electrons. The second kappa shape index (κ2) is 8.30. The highest BCUT2D eigenvalue weighted by Crippen LogP contribution is 2.34. The molecule has 1 atom stereocenters. The lowest BCUT2D eigenvalue weighted by molar-refractivity contribution is -0.141. The molecule has 32 heavy (non-hydrogen) atoms. The van der Waals surface area contributed by atoms with Gasteiger partial charge >= 0.3 is 11.6 Å². The van der Waals surface area contributed by atoms with E-state index in [-0.39, 0.29) is 24.2 Å². The van der Waals surface area contributed by atoms with Crippen LogP contribution in [-0.4, -0.2) is 23.0 Å². The van der Waals surface area contributed by atoms with Crippen molar-refractivity contribution in [3.05, 3.63) is 70.0 Å². The largest absolute Gasteiger partial charge is 0.480 e. The van der Waals surface area contributed by atoms with Crippen molar-refractivity contribution in [3.63, 3.8) is 0 Å². The Kier molecular flexibility index (Phi) is 5.52. The van der Waals surface area contributed by atoms with Gasteiger partial charge in [-0.1, -0.05) is 19.1 Å². The molecule has 164 valence electrons. The summed E-state index contributed by atoms with van der Waals surface area (Å²) in [5, 5.41) is 12.9. The van der Waals surface area contributed by atoms with Crippen LogP contribution in [0.15, 0.2) is 56.3 Å². The van der Waals surface area contributed by atoms with Crippen LogP contribution < -0.4 is 10.9 Å². The molecule has 2 aromatic heterocycles. The van der Waals surface area contributed by atoms with Gasteiger partial charge in [0.1, 0.15) is 23.0 Å². The number of rotatable bonds is 6. The van der Waals surface area contributed by atoms with E-state index >= 15 is 0 Å². The second-order valence-corrected chi connectivity index (χ2v) is 7.54. The SMILES string of the molecule is CC[C@@H](NC(=O)Cc1c(C)c2cc3c(-c4ccc(F)cc4)coc3cc2oc1=O)C(=O)O. The molecule has 0 unspecified atom stereocenters. The molecule has 8 heteroatoms. The minimum atomic E-state index is -1.14. The summed E-state index contributed by atoms with van der Waals surface area (Å²) in [5.41, 5.74) is 2.36. The van der Waals surface area contributed by atoms with Gasteiger partial charge in [0.25, 0.3) is 0 Å². The average Bonchev–Trinajstić information content (AvgIpc) is 3.17. The molecule has 0 fully saturated rings. The van der Waals surface area contributed by atoms with Gasteiger partial charge in [0.2, 0.25) is 5.91 Å². The molecule has 2 heterocycles. The van der Waals surface area contributed by atoms with E-state index in [1.807, 2.05) is 0 Å². The Morgan fingerprint density at radius 3 is 2.50 bits per heavy atom. The quantitative estimate of drug-likeness (QED) is 0.438. The van der Waals surface area contributed by atoms with E-state index in [2.05, 4.69) is 5.32 Å². The molecule has 2 N–H and O–H groups in total. The Morgan fingerprint density at radius 1 is 1.12 bits per heavy atom. The number of fused-ring (bicyclic) bond motifs is 2. The van der Waals surface area contributed by atoms with Gasteiger partial charge in [-0.25, -0.2) is 14.0 Å². The van der Waals surface area contributed by atoms with Crippen molar-refractivity contribution in [2.45, 2.75) is 32.7 Å². The summed E-state index contributed by atoms with van der Waals surface area (Å²) in [4.78, 5) is 36.1. The highest BCUT2D eigenvalue weighted by Gasteiger charge is 2.21. The number of carbonyl (C=O) groups is 2. The Labute approximate surface area is 181 Å². The first-order chi connectivity index (χ1) is 15.3. The number of nitrogens with one attached hydrogen (secondary N) is 1. The third kappa shape index (κ3) is 3.87. The maximum absolute atomic E-state index is 13.3. The number of benzene rings is 2. The van der Waals surface area contributed by atoms with E-state index in [9.17, 15) is 18.8 Å². The van der Waals surface area contributed by atoms with Crippen LogP contribution in [0.5, 0.6) is 0 Å². The molecule has 2 aromatic carbocycles. The number of aliphatic carboxylic acids is 1. The second-order valence-electron chi connectivity index (χ2n) is 7.54. The van der Waals surface area contributed by atoms with E-state index in [0.717, 1.165) is 16.5 Å². The van der Waals surface area contributed by atoms with Gasteiger partial charge in [-0.05, 0) is 42.7 Å². The third-order valence-electron chi connectivity index (χ3n) is 5.52. The number of carboxylic acids is 1. The number of aryl methyl sites for hydroxylation is 1. The van der Waals surface area contributed by atoms with Crippen molar-refractivity contribution in [2.75, 3.05) is 0 Å². The molecule has 0 aliphatic heterocycles. The lowest BCUT2D eigenvalue weighted by Crippen LogP contribution is -2.41. The van der Waals surface area contributed by atoms with Crippen molar-refractivity contribution >= 4 is 33.8 Å². The Bertz CT molecular complexity index is 1400. The van der Waals surface area contributed by atoms with Crippen LogP contribution in [0.1, 0.15) is 24.5 Å². The molecular formula is C24H20FNO6. The van der Waals surface area contributed by atoms with Gasteiger partial charge in [-0.2, -0.15) is 0 Å². The van der Waals surface area contributed by atoms with E-state index in [0.29, 0.717) is 22.1 Å². The monoisotopic (exact) mass is 437 g/mol. The molecule has 0 spiro atoms. The Hall–Kier alpha value is -3.94. The highest BCUT2D eigenvalue weighted by atomic mass is 19.1. The van der Waals surface area contributed by atoms with Crippen LogP contribution in [-0.2, 0) is 16.0 Å². The third-order valence-corrected chi connectivity index (χ3v) is 5.52. The van der Waals surface area contributed by atoms with Crippen molar-refractivity contribution in [1.29, 1.82) is 0 Å². The minimum absolute atomic E-state index is 0.154. The van der Waals surface area contributed by atoms with Gasteiger partial charge in [0.15, 0.2) is 0 Å². The molecule has 4 rings (SSSR count). The Morgan fingerprint density at radius 2 is 1.84 bits per heavy atom. The molecule has 0 saturated heterocycles. The Balaban J connectivity index is 1.77. The first kappa shape index (κ1) is 21.3. The van der Waals surface area contributed by atoms with Gasteiger partial charge in [-0.15, -0.1) is 0 Å². The van der Waals surface area contributed by atoms with Crippen molar-refractivity contribution in [2.24, 2.45) is 0 Å². The van der Waals surface area contributed by atoms with Gasteiger partial charge < -0.3 is 19.3 Å². The normalized spacial score (nSPS) is 12.2. The van der Waals surface area contributed by atoms with E-state index in [1.165, 1.54) is 12.1 Å². The number of carbonyl (C=O) groups excluding carboxylic acids is 1. The standard InChI is InChI=1S/C24H20FNO6/c1-3-19(23(28)29)26-22(27)9-16-12(2)15-8-17-18(13-4-6-14(25)7-5-13)11-31-20(17)10-21(15)32-24(16)30/h4-8,10-11,19H,3,9H2,1-2H3,(H,26,27)(H,28,29)/t19-/m1/s1. The van der Waals surface area contributed by atoms with E-state index < -0.39 is 23.5 Å². The van der Waals surface area contributed by atoms with Crippen LogP contribution in [0.4, 0.5) is 4.39 Å². The van der Waals surface area contributed by atoms with Gasteiger partial charge in [0.05, 0.1) is 18.2 Å². The zero-order valence-corrected chi connectivity index (χ0v) is 17.4. The summed E-state index contributed by atoms with van der Waals surface area (Å²) in [6, 6.07) is 8.38. The van der Waals surface area contributed by atoms with Crippen molar-refractivity contribution in [1.82, 2.24) is 5.32 Å². The number of carboxylic acid groups (broad SMARTS) is 1. The fraction of sp³-hybridized carbons (Fsp3) is 0.208. The average molecular weight is 437 g/mol. The van der Waals surface area contributed by atoms with Crippen LogP contribution in [0.2, 0.25) is 0 Å². The number of furan rings is 1. The van der Waals surface area contributed by atoms with Crippen LogP contribution >= 0.6 is 0 Å². The highest BCUT2D eigenvalue weighted by molar-refractivity contribution is 6.02. The van der Waals surface area contributed by atoms with E-state index in [4.69, 9.17) is 13.9 Å². The molecule has 7 nitrogen and oxygen atoms in total. The fourth-order valence-electron chi connectivity index (χ4n) is 3.71. The zero-order valence-electron chi connectivity index (χ0n) is 17.4. The predicted octanol–water partition coefficient (Wildman–Crippen LogP) is 4.18. The molecule has 0 bridgehead atoms. The fourth-order valence-corrected chi connectivity index (χ4v) is 3.71. The lowest BCUT2D eigenvalue weighted by Gasteiger charge is -2.13. The number of halogens is 1.